The summed E-state index contributed by atoms with van der Waals surface area (Å²) in [4.78, 5) is 27.4. The first kappa shape index (κ1) is 21.8. The number of rotatable bonds is 4. The number of amides is 1. The highest BCUT2D eigenvalue weighted by molar-refractivity contribution is 6.46. The SMILES string of the molecule is O=C1C(=O)N(Cc2ccc(F)cc2)C(c2ccccc2F)/C1=C(\O)c1ccc2c(c1)CCCO2. The summed E-state index contributed by atoms with van der Waals surface area (Å²) in [5.41, 5.74) is 1.71. The molecule has 0 radical (unpaired) electrons. The number of Topliss-reactive ketones (excluding diaryl/α,β-unsaturated/α-hetero) is 1. The number of benzene rings is 3. The van der Waals surface area contributed by atoms with Gasteiger partial charge in [-0.2, -0.15) is 0 Å². The monoisotopic (exact) mass is 461 g/mol. The molecule has 5 rings (SSSR count). The Hall–Kier alpha value is -4.00. The number of ketones is 1. The average Bonchev–Trinajstić information content (AvgIpc) is 3.09. The minimum Gasteiger partial charge on any atom is -0.507 e. The number of likely N-dealkylation sites (tertiary alicyclic amines) is 1. The summed E-state index contributed by atoms with van der Waals surface area (Å²) in [5.74, 6) is -2.47. The van der Waals surface area contributed by atoms with Crippen LogP contribution in [0, 0.1) is 11.6 Å². The Morgan fingerprint density at radius 3 is 2.56 bits per heavy atom. The highest BCUT2D eigenvalue weighted by atomic mass is 19.1. The molecule has 2 aliphatic heterocycles. The predicted octanol–water partition coefficient (Wildman–Crippen LogP) is 4.91. The summed E-state index contributed by atoms with van der Waals surface area (Å²) in [6.45, 7) is 0.554. The lowest BCUT2D eigenvalue weighted by Gasteiger charge is -2.26. The van der Waals surface area contributed by atoms with Gasteiger partial charge in [0, 0.05) is 17.7 Å². The van der Waals surface area contributed by atoms with Crippen LogP contribution in [0.2, 0.25) is 0 Å². The minimum atomic E-state index is -1.14. The van der Waals surface area contributed by atoms with E-state index in [1.54, 1.807) is 24.3 Å². The topological polar surface area (TPSA) is 66.8 Å². The van der Waals surface area contributed by atoms with Gasteiger partial charge in [-0.15, -0.1) is 0 Å². The number of aliphatic hydroxyl groups excluding tert-OH is 1. The number of nitrogens with zero attached hydrogens (tertiary/aromatic N) is 1. The maximum Gasteiger partial charge on any atom is 0.295 e. The Balaban J connectivity index is 1.64. The van der Waals surface area contributed by atoms with Gasteiger partial charge in [0.2, 0.25) is 0 Å². The molecule has 2 heterocycles. The van der Waals surface area contributed by atoms with Crippen molar-refractivity contribution in [1.29, 1.82) is 0 Å². The first-order chi connectivity index (χ1) is 16.4. The van der Waals surface area contributed by atoms with E-state index in [1.807, 2.05) is 0 Å². The second-order valence-electron chi connectivity index (χ2n) is 8.35. The van der Waals surface area contributed by atoms with Gasteiger partial charge in [0.1, 0.15) is 23.1 Å². The quantitative estimate of drug-likeness (QED) is 0.341. The maximum atomic E-state index is 14.9. The first-order valence-electron chi connectivity index (χ1n) is 11.0. The number of carbonyl (C=O) groups is 2. The van der Waals surface area contributed by atoms with E-state index in [1.165, 1.54) is 47.4 Å². The van der Waals surface area contributed by atoms with Gasteiger partial charge in [-0.25, -0.2) is 8.78 Å². The van der Waals surface area contributed by atoms with Crippen molar-refractivity contribution < 1.29 is 28.2 Å². The lowest BCUT2D eigenvalue weighted by molar-refractivity contribution is -0.140. The van der Waals surface area contributed by atoms with Crippen molar-refractivity contribution in [3.8, 4) is 5.75 Å². The lowest BCUT2D eigenvalue weighted by Crippen LogP contribution is -2.29. The van der Waals surface area contributed by atoms with Crippen molar-refractivity contribution >= 4 is 17.4 Å². The highest BCUT2D eigenvalue weighted by Gasteiger charge is 2.47. The van der Waals surface area contributed by atoms with Crippen LogP contribution < -0.4 is 4.74 Å². The van der Waals surface area contributed by atoms with Crippen LogP contribution in [0.4, 0.5) is 8.78 Å². The molecule has 0 aromatic heterocycles. The van der Waals surface area contributed by atoms with Gasteiger partial charge < -0.3 is 14.7 Å². The van der Waals surface area contributed by atoms with Crippen molar-refractivity contribution in [1.82, 2.24) is 4.90 Å². The van der Waals surface area contributed by atoms with E-state index < -0.39 is 29.4 Å². The van der Waals surface area contributed by atoms with Crippen molar-refractivity contribution in [3.05, 3.63) is 106 Å². The average molecular weight is 461 g/mol. The molecule has 1 N–H and O–H groups in total. The second-order valence-corrected chi connectivity index (χ2v) is 8.35. The molecule has 172 valence electrons. The molecule has 1 unspecified atom stereocenters. The molecule has 5 nitrogen and oxygen atoms in total. The van der Waals surface area contributed by atoms with E-state index in [4.69, 9.17) is 4.74 Å². The molecule has 1 fully saturated rings. The zero-order valence-corrected chi connectivity index (χ0v) is 18.1. The number of ether oxygens (including phenoxy) is 1. The molecule has 2 aliphatic rings. The van der Waals surface area contributed by atoms with Crippen LogP contribution in [0.1, 0.15) is 34.7 Å². The Morgan fingerprint density at radius 2 is 1.79 bits per heavy atom. The molecule has 1 amide bonds. The van der Waals surface area contributed by atoms with E-state index >= 15 is 0 Å². The van der Waals surface area contributed by atoms with E-state index in [0.29, 0.717) is 23.5 Å². The van der Waals surface area contributed by atoms with E-state index in [2.05, 4.69) is 0 Å². The first-order valence-corrected chi connectivity index (χ1v) is 11.0. The van der Waals surface area contributed by atoms with Gasteiger partial charge in [-0.1, -0.05) is 30.3 Å². The fourth-order valence-electron chi connectivity index (χ4n) is 4.51. The number of hydrogen-bond acceptors (Lipinski definition) is 4. The number of aliphatic hydroxyl groups is 1. The third-order valence-electron chi connectivity index (χ3n) is 6.19. The van der Waals surface area contributed by atoms with Gasteiger partial charge >= 0.3 is 0 Å². The molecule has 0 bridgehead atoms. The molecular weight excluding hydrogens is 440 g/mol. The third kappa shape index (κ3) is 3.83. The van der Waals surface area contributed by atoms with Crippen molar-refractivity contribution in [2.45, 2.75) is 25.4 Å². The minimum absolute atomic E-state index is 0.0569. The van der Waals surface area contributed by atoms with Gasteiger partial charge in [0.15, 0.2) is 0 Å². The van der Waals surface area contributed by atoms with Crippen LogP contribution in [0.25, 0.3) is 5.76 Å². The standard InChI is InChI=1S/C27H21F2NO4/c28-19-10-7-16(8-11-19)15-30-24(20-5-1-2-6-21(20)29)23(26(32)27(30)33)25(31)18-9-12-22-17(14-18)4-3-13-34-22/h1-2,5-12,14,24,31H,3-4,13,15H2/b25-23+. The summed E-state index contributed by atoms with van der Waals surface area (Å²) in [6.07, 6.45) is 1.58. The number of carbonyl (C=O) groups excluding carboxylic acids is 2. The summed E-state index contributed by atoms with van der Waals surface area (Å²) in [7, 11) is 0. The largest absolute Gasteiger partial charge is 0.507 e. The van der Waals surface area contributed by atoms with Crippen LogP contribution in [0.15, 0.2) is 72.3 Å². The molecule has 3 aromatic carbocycles. The molecule has 3 aromatic rings. The molecule has 1 saturated heterocycles. The Labute approximate surface area is 194 Å². The molecule has 7 heteroatoms. The highest BCUT2D eigenvalue weighted by Crippen LogP contribution is 2.41. The molecule has 34 heavy (non-hydrogen) atoms. The van der Waals surface area contributed by atoms with Crippen LogP contribution in [0.5, 0.6) is 5.75 Å². The smallest absolute Gasteiger partial charge is 0.295 e. The number of aryl methyl sites for hydroxylation is 1. The third-order valence-corrected chi connectivity index (χ3v) is 6.19. The summed E-state index contributed by atoms with van der Waals surface area (Å²) < 4.78 is 33.9. The summed E-state index contributed by atoms with van der Waals surface area (Å²) in [6, 6.07) is 15.3. The van der Waals surface area contributed by atoms with Crippen LogP contribution in [-0.2, 0) is 22.6 Å². The normalized spacial score (nSPS) is 19.1. The van der Waals surface area contributed by atoms with E-state index in [-0.39, 0.29) is 23.4 Å². The zero-order chi connectivity index (χ0) is 23.8. The van der Waals surface area contributed by atoms with Gasteiger partial charge in [-0.3, -0.25) is 9.59 Å². The van der Waals surface area contributed by atoms with Crippen molar-refractivity contribution in [3.63, 3.8) is 0 Å². The Kier molecular flexibility index (Phi) is 5.61. The molecule has 0 spiro atoms. The second kappa shape index (κ2) is 8.74. The molecule has 1 atom stereocenters. The number of fused-ring (bicyclic) bond motifs is 1. The Morgan fingerprint density at radius 1 is 1.03 bits per heavy atom. The lowest BCUT2D eigenvalue weighted by atomic mass is 9.93. The van der Waals surface area contributed by atoms with Crippen LogP contribution in [-0.4, -0.2) is 28.3 Å². The van der Waals surface area contributed by atoms with Gasteiger partial charge in [0.05, 0.1) is 18.2 Å². The summed E-state index contributed by atoms with van der Waals surface area (Å²) >= 11 is 0. The fourth-order valence-corrected chi connectivity index (χ4v) is 4.51. The number of halogens is 2. The van der Waals surface area contributed by atoms with Crippen LogP contribution in [0.3, 0.4) is 0 Å². The van der Waals surface area contributed by atoms with E-state index in [0.717, 1.165) is 18.4 Å². The van der Waals surface area contributed by atoms with Crippen molar-refractivity contribution in [2.24, 2.45) is 0 Å². The van der Waals surface area contributed by atoms with Crippen molar-refractivity contribution in [2.75, 3.05) is 6.61 Å². The molecular formula is C27H21F2NO4. The predicted molar refractivity (Wildman–Crippen MR) is 121 cm³/mol. The van der Waals surface area contributed by atoms with Gasteiger partial charge in [0.25, 0.3) is 11.7 Å². The Bertz CT molecular complexity index is 1320. The van der Waals surface area contributed by atoms with Gasteiger partial charge in [-0.05, 0) is 60.4 Å². The maximum absolute atomic E-state index is 14.9. The van der Waals surface area contributed by atoms with E-state index in [9.17, 15) is 23.5 Å². The molecule has 0 saturated carbocycles. The number of hydrogen-bond donors (Lipinski definition) is 1. The summed E-state index contributed by atoms with van der Waals surface area (Å²) in [5, 5.41) is 11.2. The fraction of sp³-hybridized carbons (Fsp3) is 0.185. The van der Waals surface area contributed by atoms with Crippen LogP contribution >= 0.6 is 0 Å². The zero-order valence-electron chi connectivity index (χ0n) is 18.1. The molecule has 0 aliphatic carbocycles.